The minimum absolute atomic E-state index is 0.183. The van der Waals surface area contributed by atoms with Crippen LogP contribution in [-0.2, 0) is 0 Å². The molecule has 0 saturated heterocycles. The molecule has 2 aliphatic heterocycles. The van der Waals surface area contributed by atoms with E-state index in [9.17, 15) is 0 Å². The third-order valence-electron chi connectivity index (χ3n) is 19.0. The highest BCUT2D eigenvalue weighted by Crippen LogP contribution is 2.54. The zero-order chi connectivity index (χ0) is 59.2. The molecule has 418 valence electrons. The normalized spacial score (nSPS) is 12.4. The molecule has 0 spiro atoms. The summed E-state index contributed by atoms with van der Waals surface area (Å²) >= 11 is 0. The maximum atomic E-state index is 2.65. The minimum Gasteiger partial charge on any atom is -0.310 e. The van der Waals surface area contributed by atoms with Crippen LogP contribution in [0.4, 0.5) is 34.1 Å². The molecule has 0 fully saturated rings. The van der Waals surface area contributed by atoms with Crippen molar-refractivity contribution in [2.24, 2.45) is 0 Å². The standard InChI is InChI=1S/C86H56BN3/c1-6-27-57(28-7-1)64-43-24-44-65(58-29-8-2-9-30-58)85(64)89-78-49-26-50-79-84(78)87(74-53-51-62(55-80(74)89)83-72-41-18-16-39-70(72)82(61-35-14-5-15-36-61)71-40-17-19-42-73(71)83)75-54-52-63(88-76-47-22-20-37-68(76)69-38-21-23-48-77(69)88)56-81(75)90(79)86-66(59-31-10-3-11-32-59)45-25-46-67(86)60-33-12-4-13-34-60/h1-56H. The van der Waals surface area contributed by atoms with Gasteiger partial charge in [-0.15, -0.1) is 0 Å². The molecule has 2 aliphatic rings. The molecule has 0 radical (unpaired) electrons. The monoisotopic (exact) mass is 1140 g/mol. The first kappa shape index (κ1) is 51.5. The fourth-order valence-electron chi connectivity index (χ4n) is 15.2. The number of aromatic nitrogens is 1. The molecule has 0 amide bonds. The van der Waals surface area contributed by atoms with Gasteiger partial charge in [-0.3, -0.25) is 0 Å². The van der Waals surface area contributed by atoms with Crippen LogP contribution in [0.5, 0.6) is 0 Å². The van der Waals surface area contributed by atoms with Gasteiger partial charge in [-0.25, -0.2) is 0 Å². The Labute approximate surface area is 524 Å². The van der Waals surface area contributed by atoms with Gasteiger partial charge in [0.25, 0.3) is 6.71 Å². The average molecular weight is 1140 g/mol. The molecule has 16 aromatic rings. The Hall–Kier alpha value is -11.7. The van der Waals surface area contributed by atoms with Crippen molar-refractivity contribution in [3.05, 3.63) is 340 Å². The Morgan fingerprint density at radius 2 is 0.556 bits per heavy atom. The first-order valence-electron chi connectivity index (χ1n) is 31.2. The van der Waals surface area contributed by atoms with Gasteiger partial charge in [0, 0.05) is 61.5 Å². The molecule has 0 atom stereocenters. The Morgan fingerprint density at radius 3 is 0.978 bits per heavy atom. The molecular formula is C86H56BN3. The van der Waals surface area contributed by atoms with E-state index in [1.165, 1.54) is 76.4 Å². The summed E-state index contributed by atoms with van der Waals surface area (Å²) in [7, 11) is 0. The van der Waals surface area contributed by atoms with Crippen LogP contribution >= 0.6 is 0 Å². The Balaban J connectivity index is 0.980. The van der Waals surface area contributed by atoms with Gasteiger partial charge < -0.3 is 14.4 Å². The predicted molar refractivity (Wildman–Crippen MR) is 382 cm³/mol. The topological polar surface area (TPSA) is 11.4 Å². The lowest BCUT2D eigenvalue weighted by Gasteiger charge is -2.45. The van der Waals surface area contributed by atoms with Gasteiger partial charge in [0.15, 0.2) is 0 Å². The van der Waals surface area contributed by atoms with E-state index < -0.39 is 0 Å². The molecule has 18 rings (SSSR count). The van der Waals surface area contributed by atoms with Gasteiger partial charge in [0.05, 0.1) is 22.4 Å². The van der Waals surface area contributed by atoms with Crippen LogP contribution in [0.1, 0.15) is 0 Å². The maximum Gasteiger partial charge on any atom is 0.252 e. The van der Waals surface area contributed by atoms with Crippen molar-refractivity contribution in [2.45, 2.75) is 0 Å². The first-order chi connectivity index (χ1) is 44.7. The summed E-state index contributed by atoms with van der Waals surface area (Å²) < 4.78 is 2.47. The number of hydrogen-bond donors (Lipinski definition) is 0. The summed E-state index contributed by atoms with van der Waals surface area (Å²) in [6.07, 6.45) is 0. The van der Waals surface area contributed by atoms with Gasteiger partial charge in [0.2, 0.25) is 0 Å². The number of nitrogens with zero attached hydrogens (tertiary/aromatic N) is 3. The van der Waals surface area contributed by atoms with E-state index in [-0.39, 0.29) is 6.71 Å². The summed E-state index contributed by atoms with van der Waals surface area (Å²) in [5, 5.41) is 7.37. The van der Waals surface area contributed by atoms with Gasteiger partial charge in [0.1, 0.15) is 0 Å². The fourth-order valence-corrected chi connectivity index (χ4v) is 15.2. The van der Waals surface area contributed by atoms with Gasteiger partial charge >= 0.3 is 0 Å². The molecule has 3 nitrogen and oxygen atoms in total. The Kier molecular flexibility index (Phi) is 12.0. The molecular weight excluding hydrogens is 1090 g/mol. The zero-order valence-corrected chi connectivity index (χ0v) is 49.3. The molecule has 0 bridgehead atoms. The van der Waals surface area contributed by atoms with E-state index in [1.807, 2.05) is 0 Å². The summed E-state index contributed by atoms with van der Waals surface area (Å²) in [5.41, 5.74) is 28.0. The summed E-state index contributed by atoms with van der Waals surface area (Å²) in [6, 6.07) is 126. The van der Waals surface area contributed by atoms with E-state index in [4.69, 9.17) is 0 Å². The quantitative estimate of drug-likeness (QED) is 0.105. The molecule has 0 aliphatic carbocycles. The summed E-state index contributed by atoms with van der Waals surface area (Å²) in [4.78, 5) is 5.29. The molecule has 4 heteroatoms. The zero-order valence-electron chi connectivity index (χ0n) is 49.3. The van der Waals surface area contributed by atoms with Crippen LogP contribution < -0.4 is 26.2 Å². The lowest BCUT2D eigenvalue weighted by molar-refractivity contribution is 1.17. The van der Waals surface area contributed by atoms with Gasteiger partial charge in [-0.2, -0.15) is 0 Å². The highest BCUT2D eigenvalue weighted by molar-refractivity contribution is 7.00. The molecule has 0 N–H and O–H groups in total. The number of rotatable bonds is 9. The summed E-state index contributed by atoms with van der Waals surface area (Å²) in [6.45, 7) is -0.183. The molecule has 15 aromatic carbocycles. The van der Waals surface area contributed by atoms with Crippen molar-refractivity contribution in [3.63, 3.8) is 0 Å². The average Bonchev–Trinajstić information content (AvgIpc) is 0.771. The summed E-state index contributed by atoms with van der Waals surface area (Å²) in [5.74, 6) is 0. The second-order valence-corrected chi connectivity index (χ2v) is 23.8. The second-order valence-electron chi connectivity index (χ2n) is 23.8. The van der Waals surface area contributed by atoms with Crippen molar-refractivity contribution in [1.82, 2.24) is 4.57 Å². The third kappa shape index (κ3) is 8.01. The van der Waals surface area contributed by atoms with Crippen LogP contribution in [-0.4, -0.2) is 11.3 Å². The lowest BCUT2D eigenvalue weighted by atomic mass is 9.33. The Morgan fingerprint density at radius 1 is 0.222 bits per heavy atom. The van der Waals surface area contributed by atoms with Gasteiger partial charge in [-0.05, 0) is 125 Å². The van der Waals surface area contributed by atoms with E-state index in [0.717, 1.165) is 89.9 Å². The maximum absolute atomic E-state index is 2.65. The number of hydrogen-bond acceptors (Lipinski definition) is 2. The van der Waals surface area contributed by atoms with E-state index >= 15 is 0 Å². The van der Waals surface area contributed by atoms with Crippen molar-refractivity contribution in [3.8, 4) is 72.4 Å². The lowest BCUT2D eigenvalue weighted by Crippen LogP contribution is -2.61. The second kappa shape index (κ2) is 21.0. The number of fused-ring (bicyclic) bond motifs is 9. The molecule has 90 heavy (non-hydrogen) atoms. The van der Waals surface area contributed by atoms with Crippen LogP contribution in [0.25, 0.3) is 116 Å². The van der Waals surface area contributed by atoms with Gasteiger partial charge in [-0.1, -0.05) is 297 Å². The highest BCUT2D eigenvalue weighted by Gasteiger charge is 2.45. The molecule has 0 saturated carbocycles. The van der Waals surface area contributed by atoms with Crippen LogP contribution in [0.15, 0.2) is 340 Å². The smallest absolute Gasteiger partial charge is 0.252 e. The van der Waals surface area contributed by atoms with Crippen molar-refractivity contribution in [2.75, 3.05) is 9.80 Å². The van der Waals surface area contributed by atoms with Crippen molar-refractivity contribution in [1.29, 1.82) is 0 Å². The fraction of sp³-hybridized carbons (Fsp3) is 0. The third-order valence-corrected chi connectivity index (χ3v) is 19.0. The van der Waals surface area contributed by atoms with E-state index in [1.54, 1.807) is 0 Å². The van der Waals surface area contributed by atoms with Crippen molar-refractivity contribution < 1.29 is 0 Å². The molecule has 3 heterocycles. The number of benzene rings is 15. The number of anilines is 6. The van der Waals surface area contributed by atoms with Crippen molar-refractivity contribution >= 4 is 101 Å². The van der Waals surface area contributed by atoms with Crippen LogP contribution in [0.3, 0.4) is 0 Å². The molecule has 0 unspecified atom stereocenters. The highest BCUT2D eigenvalue weighted by atomic mass is 15.2. The van der Waals surface area contributed by atoms with Crippen LogP contribution in [0.2, 0.25) is 0 Å². The minimum atomic E-state index is -0.183. The molecule has 1 aromatic heterocycles. The number of para-hydroxylation sites is 4. The predicted octanol–water partition coefficient (Wildman–Crippen LogP) is 21.2. The largest absolute Gasteiger partial charge is 0.310 e. The van der Waals surface area contributed by atoms with Crippen LogP contribution in [0, 0.1) is 0 Å². The van der Waals surface area contributed by atoms with E-state index in [2.05, 4.69) is 354 Å². The first-order valence-corrected chi connectivity index (χ1v) is 31.2. The Bertz CT molecular complexity index is 5260. The SMILES string of the molecule is c1ccc(-c2cccc(-c3ccccc3)c2N2c3cc(-c4c5ccccc5c(-c5ccccc5)c5ccccc45)ccc3B3c4ccc(-n5c6ccccc6c6ccccc65)cc4N(c4c(-c5ccccc5)cccc4-c4ccccc4)c4cccc2c43)cc1. The van der Waals surface area contributed by atoms with E-state index in [0.29, 0.717) is 0 Å².